The van der Waals surface area contributed by atoms with Gasteiger partial charge in [0.2, 0.25) is 0 Å². The van der Waals surface area contributed by atoms with Crippen LogP contribution in [0.2, 0.25) is 10.0 Å². The van der Waals surface area contributed by atoms with Crippen LogP contribution in [0.15, 0.2) is 170 Å². The lowest BCUT2D eigenvalue weighted by Gasteiger charge is -2.24. The van der Waals surface area contributed by atoms with Crippen LogP contribution in [0, 0.1) is 0 Å². The molecule has 0 saturated heterocycles. The Labute approximate surface area is 324 Å². The third-order valence-electron chi connectivity index (χ3n) is 10.0. The fourth-order valence-corrected chi connectivity index (χ4v) is 13.2. The average Bonchev–Trinajstić information content (AvgIpc) is 3.20. The molecule has 0 amide bonds. The van der Waals surface area contributed by atoms with Crippen LogP contribution in [-0.2, 0) is 21.5 Å². The lowest BCUT2D eigenvalue weighted by molar-refractivity contribution is 0.465. The quantitative estimate of drug-likeness (QED) is 0.143. The first-order chi connectivity index (χ1) is 26.2. The first-order valence-electron chi connectivity index (χ1n) is 17.4. The molecule has 8 aromatic carbocycles. The van der Waals surface area contributed by atoms with E-state index in [4.69, 9.17) is 23.2 Å². The smallest absolute Gasteiger partial charge is 0.147 e. The van der Waals surface area contributed by atoms with Crippen LogP contribution in [0.3, 0.4) is 0 Å². The highest BCUT2D eigenvalue weighted by Crippen LogP contribution is 2.55. The number of phenols is 2. The van der Waals surface area contributed by atoms with Crippen molar-refractivity contribution in [2.45, 2.75) is 12.3 Å². The molecule has 0 heterocycles. The molecule has 0 spiro atoms. The number of rotatable bonds is 9. The second kappa shape index (κ2) is 14.6. The molecule has 0 aliphatic rings. The van der Waals surface area contributed by atoms with Crippen molar-refractivity contribution < 1.29 is 19.3 Å². The highest BCUT2D eigenvalue weighted by molar-refractivity contribution is 7.78. The summed E-state index contributed by atoms with van der Waals surface area (Å²) in [5, 5.41) is 31.3. The molecule has 8 rings (SSSR count). The molecule has 0 atom stereocenters. The van der Waals surface area contributed by atoms with Crippen LogP contribution in [0.1, 0.15) is 11.1 Å². The van der Waals surface area contributed by atoms with Gasteiger partial charge in [0.25, 0.3) is 0 Å². The molecular weight excluding hydrogens is 749 g/mol. The standard InChI is InChI=1S/C46H34Cl2O4P2/c47-35-21-23-41-31(27-35)25-33(29-53(51,37-13-5-1-6-14-37)38-15-7-2-8-16-38)45(49)43(41)44-42-24-22-36(48)28-32(42)26-34(46(44)50)30-54(52,39-17-9-3-10-18-39)40-19-11-4-12-20-40/h1-28,49-50H,29-30H2. The van der Waals surface area contributed by atoms with Crippen molar-refractivity contribution in [2.24, 2.45) is 0 Å². The van der Waals surface area contributed by atoms with Crippen molar-refractivity contribution in [3.8, 4) is 22.6 Å². The molecule has 54 heavy (non-hydrogen) atoms. The van der Waals surface area contributed by atoms with Gasteiger partial charge in [0.15, 0.2) is 0 Å². The number of hydrogen-bond acceptors (Lipinski definition) is 4. The largest absolute Gasteiger partial charge is 0.507 e. The summed E-state index contributed by atoms with van der Waals surface area (Å²) < 4.78 is 30.7. The molecule has 0 aromatic heterocycles. The van der Waals surface area contributed by atoms with Gasteiger partial charge in [0.05, 0.1) is 0 Å². The fourth-order valence-electron chi connectivity index (χ4n) is 7.42. The normalized spacial score (nSPS) is 12.0. The maximum absolute atomic E-state index is 15.4. The van der Waals surface area contributed by atoms with E-state index in [2.05, 4.69) is 0 Å². The van der Waals surface area contributed by atoms with Crippen molar-refractivity contribution in [3.05, 3.63) is 191 Å². The summed E-state index contributed by atoms with van der Waals surface area (Å²) in [5.74, 6) is -0.232. The minimum absolute atomic E-state index is 0.00371. The van der Waals surface area contributed by atoms with Gasteiger partial charge in [-0.2, -0.15) is 0 Å². The van der Waals surface area contributed by atoms with Gasteiger partial charge < -0.3 is 19.3 Å². The lowest BCUT2D eigenvalue weighted by atomic mass is 9.89. The zero-order valence-corrected chi connectivity index (χ0v) is 32.2. The summed E-state index contributed by atoms with van der Waals surface area (Å²) >= 11 is 13.2. The maximum atomic E-state index is 15.4. The Bertz CT molecular complexity index is 2480. The third kappa shape index (κ3) is 6.55. The zero-order chi connectivity index (χ0) is 37.5. The summed E-state index contributed by atoms with van der Waals surface area (Å²) in [6.07, 6.45) is 0.00743. The summed E-state index contributed by atoms with van der Waals surface area (Å²) in [4.78, 5) is 0. The molecule has 0 bridgehead atoms. The predicted molar refractivity (Wildman–Crippen MR) is 227 cm³/mol. The van der Waals surface area contributed by atoms with E-state index < -0.39 is 14.3 Å². The molecule has 0 unspecified atom stereocenters. The van der Waals surface area contributed by atoms with Crippen LogP contribution >= 0.6 is 37.5 Å². The third-order valence-corrected chi connectivity index (χ3v) is 16.6. The zero-order valence-electron chi connectivity index (χ0n) is 28.9. The van der Waals surface area contributed by atoms with E-state index in [1.807, 2.05) is 146 Å². The molecule has 0 aliphatic heterocycles. The molecule has 2 N–H and O–H groups in total. The second-order valence-corrected chi connectivity index (χ2v) is 19.9. The number of benzene rings is 8. The van der Waals surface area contributed by atoms with E-state index in [9.17, 15) is 10.2 Å². The monoisotopic (exact) mass is 782 g/mol. The van der Waals surface area contributed by atoms with Crippen molar-refractivity contribution >= 4 is 80.2 Å². The average molecular weight is 784 g/mol. The van der Waals surface area contributed by atoms with E-state index in [1.165, 1.54) is 0 Å². The van der Waals surface area contributed by atoms with Gasteiger partial charge in [0, 0.05) is 65.8 Å². The Morgan fingerprint density at radius 1 is 0.407 bits per heavy atom. The number of aromatic hydroxyl groups is 2. The first-order valence-corrected chi connectivity index (χ1v) is 22.0. The van der Waals surface area contributed by atoms with Crippen LogP contribution in [0.5, 0.6) is 11.5 Å². The van der Waals surface area contributed by atoms with Crippen molar-refractivity contribution in [1.29, 1.82) is 0 Å². The van der Waals surface area contributed by atoms with E-state index in [0.717, 1.165) is 0 Å². The summed E-state index contributed by atoms with van der Waals surface area (Å²) in [5.41, 5.74) is 1.57. The van der Waals surface area contributed by atoms with Gasteiger partial charge in [0.1, 0.15) is 25.8 Å². The Morgan fingerprint density at radius 2 is 0.704 bits per heavy atom. The first kappa shape index (κ1) is 35.9. The number of phenolic OH excluding ortho intramolecular Hbond substituents is 2. The van der Waals surface area contributed by atoms with Gasteiger partial charge in [-0.25, -0.2) is 0 Å². The molecule has 0 saturated carbocycles. The molecule has 0 aliphatic carbocycles. The molecule has 0 fully saturated rings. The Morgan fingerprint density at radius 3 is 1.00 bits per heavy atom. The fraction of sp³-hybridized carbons (Fsp3) is 0.0435. The predicted octanol–water partition coefficient (Wildman–Crippen LogP) is 11.4. The highest BCUT2D eigenvalue weighted by Gasteiger charge is 2.33. The lowest BCUT2D eigenvalue weighted by Crippen LogP contribution is -2.17. The summed E-state index contributed by atoms with van der Waals surface area (Å²) in [7, 11) is -6.71. The van der Waals surface area contributed by atoms with Crippen LogP contribution < -0.4 is 21.2 Å². The maximum Gasteiger partial charge on any atom is 0.147 e. The van der Waals surface area contributed by atoms with Crippen LogP contribution in [-0.4, -0.2) is 10.2 Å². The Kier molecular flexibility index (Phi) is 9.73. The molecule has 0 radical (unpaired) electrons. The Balaban J connectivity index is 1.40. The van der Waals surface area contributed by atoms with Crippen molar-refractivity contribution in [1.82, 2.24) is 0 Å². The number of hydrogen-bond donors (Lipinski definition) is 2. The Hall–Kier alpha value is -5.08. The van der Waals surface area contributed by atoms with Crippen molar-refractivity contribution in [3.63, 3.8) is 0 Å². The van der Waals surface area contributed by atoms with E-state index >= 15 is 9.13 Å². The minimum Gasteiger partial charge on any atom is -0.507 e. The van der Waals surface area contributed by atoms with Gasteiger partial charge in [-0.3, -0.25) is 0 Å². The van der Waals surface area contributed by atoms with Crippen LogP contribution in [0.4, 0.5) is 0 Å². The highest BCUT2D eigenvalue weighted by atomic mass is 35.5. The molecule has 8 heteroatoms. The number of halogens is 2. The van der Waals surface area contributed by atoms with E-state index in [-0.39, 0.29) is 23.8 Å². The van der Waals surface area contributed by atoms with Gasteiger partial charge in [-0.15, -0.1) is 0 Å². The van der Waals surface area contributed by atoms with Gasteiger partial charge in [-0.1, -0.05) is 157 Å². The summed E-state index contributed by atoms with van der Waals surface area (Å²) in [6, 6.07) is 51.7. The van der Waals surface area contributed by atoms with E-state index in [0.29, 0.717) is 75.1 Å². The minimum atomic E-state index is -3.36. The topological polar surface area (TPSA) is 74.6 Å². The van der Waals surface area contributed by atoms with Crippen LogP contribution in [0.25, 0.3) is 32.7 Å². The number of fused-ring (bicyclic) bond motifs is 2. The van der Waals surface area contributed by atoms with Gasteiger partial charge >= 0.3 is 0 Å². The SMILES string of the molecule is O=P(Cc1cc2cc(Cl)ccc2c(-c2c(O)c(CP(=O)(c3ccccc3)c3ccccc3)cc3cc(Cl)ccc23)c1O)(c1ccccc1)c1ccccc1. The molecule has 4 nitrogen and oxygen atoms in total. The van der Waals surface area contributed by atoms with Crippen molar-refractivity contribution in [2.75, 3.05) is 0 Å². The summed E-state index contributed by atoms with van der Waals surface area (Å²) in [6.45, 7) is 0. The van der Waals surface area contributed by atoms with Gasteiger partial charge in [-0.05, 0) is 57.9 Å². The van der Waals surface area contributed by atoms with E-state index in [1.54, 1.807) is 24.3 Å². The molecule has 266 valence electrons. The second-order valence-electron chi connectivity index (χ2n) is 13.4. The molecular formula is C46H34Cl2O4P2. The molecule has 8 aromatic rings.